The van der Waals surface area contributed by atoms with E-state index in [2.05, 4.69) is 0 Å². The minimum atomic E-state index is -0.931. The normalized spacial score (nSPS) is 10.9. The Balaban J connectivity index is 1.80. The second-order valence-electron chi connectivity index (χ2n) is 6.22. The molecule has 0 saturated carbocycles. The third kappa shape index (κ3) is 3.20. The molecule has 0 radical (unpaired) electrons. The summed E-state index contributed by atoms with van der Waals surface area (Å²) >= 11 is 7.04. The van der Waals surface area contributed by atoms with E-state index < -0.39 is 17.7 Å². The summed E-state index contributed by atoms with van der Waals surface area (Å²) in [5, 5.41) is 11.2. The van der Waals surface area contributed by atoms with Crippen LogP contribution < -0.4 is 5.73 Å². The molecule has 3 N–H and O–H groups in total. The lowest BCUT2D eigenvalue weighted by atomic mass is 10.1. The Hall–Kier alpha value is -3.42. The van der Waals surface area contributed by atoms with E-state index in [4.69, 9.17) is 17.3 Å². The summed E-state index contributed by atoms with van der Waals surface area (Å²) in [6, 6.07) is 15.4. The predicted molar refractivity (Wildman–Crippen MR) is 111 cm³/mol. The highest BCUT2D eigenvalue weighted by Crippen LogP contribution is 2.35. The van der Waals surface area contributed by atoms with Gasteiger partial charge in [-0.25, -0.2) is 9.36 Å². The fourth-order valence-electron chi connectivity index (χ4n) is 3.13. The first-order valence-corrected chi connectivity index (χ1v) is 9.65. The molecule has 0 saturated heterocycles. The van der Waals surface area contributed by atoms with Crippen LogP contribution in [0.2, 0.25) is 5.02 Å². The van der Waals surface area contributed by atoms with E-state index in [9.17, 15) is 19.5 Å². The van der Waals surface area contributed by atoms with Crippen molar-refractivity contribution in [1.82, 2.24) is 4.57 Å². The van der Waals surface area contributed by atoms with Gasteiger partial charge in [-0.05, 0) is 30.3 Å². The number of thiophene rings is 1. The number of aromatic nitrogens is 1. The summed E-state index contributed by atoms with van der Waals surface area (Å²) < 4.78 is 0.850. The average molecular weight is 425 g/mol. The van der Waals surface area contributed by atoms with Gasteiger partial charge >= 0.3 is 6.03 Å². The highest BCUT2D eigenvalue weighted by atomic mass is 35.5. The van der Waals surface area contributed by atoms with Crippen molar-refractivity contribution in [2.45, 2.75) is 0 Å². The molecule has 8 heteroatoms. The quantitative estimate of drug-likeness (QED) is 0.472. The van der Waals surface area contributed by atoms with Crippen LogP contribution >= 0.6 is 22.9 Å². The average Bonchev–Trinajstić information content (AvgIpc) is 3.30. The number of amides is 1. The SMILES string of the molecule is NC(=O)n1c(O)c(C(=O)c2ccc(C(=O)c3ccccc3)s2)c2cc(Cl)ccc21. The van der Waals surface area contributed by atoms with E-state index in [1.54, 1.807) is 30.3 Å². The van der Waals surface area contributed by atoms with Gasteiger partial charge in [0.15, 0.2) is 0 Å². The zero-order valence-electron chi connectivity index (χ0n) is 14.8. The molecule has 2 aromatic carbocycles. The van der Waals surface area contributed by atoms with Crippen molar-refractivity contribution >= 4 is 51.4 Å². The van der Waals surface area contributed by atoms with Crippen LogP contribution in [0.4, 0.5) is 4.79 Å². The number of hydrogen-bond acceptors (Lipinski definition) is 5. The van der Waals surface area contributed by atoms with Gasteiger partial charge in [-0.2, -0.15) is 0 Å². The van der Waals surface area contributed by atoms with Crippen LogP contribution in [0.1, 0.15) is 30.5 Å². The van der Waals surface area contributed by atoms with Crippen molar-refractivity contribution in [3.63, 3.8) is 0 Å². The highest BCUT2D eigenvalue weighted by Gasteiger charge is 2.27. The van der Waals surface area contributed by atoms with Gasteiger partial charge in [0, 0.05) is 16.0 Å². The molecule has 4 rings (SSSR count). The summed E-state index contributed by atoms with van der Waals surface area (Å²) in [5.41, 5.74) is 6.03. The van der Waals surface area contributed by atoms with E-state index in [-0.39, 0.29) is 21.7 Å². The number of halogens is 1. The maximum atomic E-state index is 13.1. The van der Waals surface area contributed by atoms with E-state index in [1.807, 2.05) is 6.07 Å². The highest BCUT2D eigenvalue weighted by molar-refractivity contribution is 7.16. The second-order valence-corrected chi connectivity index (χ2v) is 7.74. The van der Waals surface area contributed by atoms with Crippen molar-refractivity contribution in [1.29, 1.82) is 0 Å². The Morgan fingerprint density at radius 1 is 0.931 bits per heavy atom. The fraction of sp³-hybridized carbons (Fsp3) is 0. The van der Waals surface area contributed by atoms with Crippen molar-refractivity contribution in [3.8, 4) is 5.88 Å². The van der Waals surface area contributed by atoms with Crippen LogP contribution in [-0.2, 0) is 0 Å². The first-order chi connectivity index (χ1) is 13.9. The summed E-state index contributed by atoms with van der Waals surface area (Å²) in [6.45, 7) is 0. The lowest BCUT2D eigenvalue weighted by molar-refractivity contribution is 0.103. The topological polar surface area (TPSA) is 102 Å². The Morgan fingerprint density at radius 2 is 1.59 bits per heavy atom. The van der Waals surface area contributed by atoms with Crippen molar-refractivity contribution in [2.75, 3.05) is 0 Å². The molecule has 144 valence electrons. The minimum Gasteiger partial charge on any atom is -0.494 e. The molecule has 0 aliphatic heterocycles. The minimum absolute atomic E-state index is 0.0955. The van der Waals surface area contributed by atoms with Crippen LogP contribution in [0.3, 0.4) is 0 Å². The smallest absolute Gasteiger partial charge is 0.326 e. The summed E-state index contributed by atoms with van der Waals surface area (Å²) in [5.74, 6) is -1.31. The van der Waals surface area contributed by atoms with E-state index in [1.165, 1.54) is 24.3 Å². The van der Waals surface area contributed by atoms with Gasteiger partial charge in [0.1, 0.15) is 0 Å². The Morgan fingerprint density at radius 3 is 2.24 bits per heavy atom. The first kappa shape index (κ1) is 18.9. The zero-order valence-corrected chi connectivity index (χ0v) is 16.3. The lowest BCUT2D eigenvalue weighted by Crippen LogP contribution is -2.18. The maximum Gasteiger partial charge on any atom is 0.326 e. The first-order valence-electron chi connectivity index (χ1n) is 8.45. The van der Waals surface area contributed by atoms with Gasteiger partial charge < -0.3 is 10.8 Å². The fourth-order valence-corrected chi connectivity index (χ4v) is 4.22. The second kappa shape index (κ2) is 7.20. The Kier molecular flexibility index (Phi) is 4.70. The van der Waals surface area contributed by atoms with Crippen molar-refractivity contribution in [2.24, 2.45) is 5.73 Å². The lowest BCUT2D eigenvalue weighted by Gasteiger charge is -2.00. The molecule has 0 fully saturated rings. The Bertz CT molecular complexity index is 1290. The number of hydrogen-bond donors (Lipinski definition) is 2. The monoisotopic (exact) mass is 424 g/mol. The molecule has 0 atom stereocenters. The zero-order chi connectivity index (χ0) is 20.7. The van der Waals surface area contributed by atoms with Crippen molar-refractivity contribution < 1.29 is 19.5 Å². The summed E-state index contributed by atoms with van der Waals surface area (Å²) in [4.78, 5) is 38.1. The molecule has 4 aromatic rings. The van der Waals surface area contributed by atoms with Crippen LogP contribution in [-0.4, -0.2) is 27.3 Å². The number of fused-ring (bicyclic) bond motifs is 1. The van der Waals surface area contributed by atoms with Gasteiger partial charge in [0.2, 0.25) is 17.4 Å². The molecular weight excluding hydrogens is 412 g/mol. The number of primary amides is 1. The molecule has 0 unspecified atom stereocenters. The molecule has 1 amide bonds. The molecule has 0 aliphatic rings. The molecule has 0 spiro atoms. The van der Waals surface area contributed by atoms with Crippen LogP contribution in [0.15, 0.2) is 60.7 Å². The van der Waals surface area contributed by atoms with Crippen LogP contribution in [0, 0.1) is 0 Å². The molecule has 2 aromatic heterocycles. The number of aromatic hydroxyl groups is 1. The third-order valence-corrected chi connectivity index (χ3v) is 5.76. The molecule has 6 nitrogen and oxygen atoms in total. The number of ketones is 2. The van der Waals surface area contributed by atoms with E-state index in [0.29, 0.717) is 20.8 Å². The maximum absolute atomic E-state index is 13.1. The molecule has 0 aliphatic carbocycles. The van der Waals surface area contributed by atoms with Crippen LogP contribution in [0.25, 0.3) is 10.9 Å². The summed E-state index contributed by atoms with van der Waals surface area (Å²) in [7, 11) is 0. The van der Waals surface area contributed by atoms with Gasteiger partial charge in [-0.15, -0.1) is 11.3 Å². The molecular formula is C21H13ClN2O4S. The predicted octanol–water partition coefficient (Wildman–Crippen LogP) is 4.45. The van der Waals surface area contributed by atoms with Gasteiger partial charge in [0.25, 0.3) is 0 Å². The standard InChI is InChI=1S/C21H13ClN2O4S/c22-12-6-7-14-13(10-12)17(20(27)24(14)21(23)28)19(26)16-9-8-15(29-16)18(25)11-4-2-1-3-5-11/h1-10,27H,(H2,23,28). The van der Waals surface area contributed by atoms with Gasteiger partial charge in [-0.3, -0.25) is 9.59 Å². The van der Waals surface area contributed by atoms with Gasteiger partial charge in [0.05, 0.1) is 20.8 Å². The molecule has 29 heavy (non-hydrogen) atoms. The number of carbonyl (C=O) groups excluding carboxylic acids is 3. The number of carbonyl (C=O) groups is 3. The van der Waals surface area contributed by atoms with Crippen LogP contribution in [0.5, 0.6) is 5.88 Å². The van der Waals surface area contributed by atoms with Gasteiger partial charge in [-0.1, -0.05) is 41.9 Å². The number of rotatable bonds is 4. The van der Waals surface area contributed by atoms with E-state index in [0.717, 1.165) is 15.9 Å². The number of benzene rings is 2. The molecule has 2 heterocycles. The largest absolute Gasteiger partial charge is 0.494 e. The third-order valence-electron chi connectivity index (χ3n) is 4.44. The summed E-state index contributed by atoms with van der Waals surface area (Å²) in [6.07, 6.45) is 0. The van der Waals surface area contributed by atoms with E-state index >= 15 is 0 Å². The molecule has 0 bridgehead atoms. The van der Waals surface area contributed by atoms with Crippen molar-refractivity contribution in [3.05, 3.63) is 86.6 Å². The Labute approximate surface area is 173 Å². The number of nitrogens with zero attached hydrogens (tertiary/aromatic N) is 1. The number of nitrogens with two attached hydrogens (primary N) is 1.